The van der Waals surface area contributed by atoms with Crippen LogP contribution in [-0.4, -0.2) is 31.1 Å². The highest BCUT2D eigenvalue weighted by Gasteiger charge is 2.75. The van der Waals surface area contributed by atoms with Gasteiger partial charge in [0.1, 0.15) is 5.92 Å². The maximum Gasteiger partial charge on any atom is 0.316 e. The first-order valence-corrected chi connectivity index (χ1v) is 7.52. The number of carbonyl (C=O) groups is 2. The highest BCUT2D eigenvalue weighted by Crippen LogP contribution is 2.69. The highest BCUT2D eigenvalue weighted by atomic mass is 16.5. The van der Waals surface area contributed by atoms with E-state index < -0.39 is 5.92 Å². The highest BCUT2D eigenvalue weighted by molar-refractivity contribution is 6.05. The first kappa shape index (κ1) is 13.1. The van der Waals surface area contributed by atoms with Crippen molar-refractivity contribution in [3.05, 3.63) is 0 Å². The molecule has 0 saturated heterocycles. The van der Waals surface area contributed by atoms with Crippen LogP contribution in [0.15, 0.2) is 0 Å². The molecule has 3 rings (SSSR count). The van der Waals surface area contributed by atoms with E-state index in [-0.39, 0.29) is 29.7 Å². The molecule has 0 N–H and O–H groups in total. The number of ether oxygens (including phenoxy) is 2. The van der Waals surface area contributed by atoms with Crippen molar-refractivity contribution in [1.29, 1.82) is 0 Å². The van der Waals surface area contributed by atoms with Crippen molar-refractivity contribution in [2.24, 2.45) is 29.6 Å². The third-order valence-electron chi connectivity index (χ3n) is 4.99. The number of ketones is 1. The maximum atomic E-state index is 12.2. The molecule has 0 heterocycles. The van der Waals surface area contributed by atoms with Crippen LogP contribution in [0.2, 0.25) is 0 Å². The average Bonchev–Trinajstić information content (AvgIpc) is 2.95. The van der Waals surface area contributed by atoms with E-state index in [9.17, 15) is 9.59 Å². The smallest absolute Gasteiger partial charge is 0.316 e. The summed E-state index contributed by atoms with van der Waals surface area (Å²) in [4.78, 5) is 24.1. The second-order valence-electron chi connectivity index (χ2n) is 5.97. The molecule has 19 heavy (non-hydrogen) atoms. The predicted molar refractivity (Wildman–Crippen MR) is 68.4 cm³/mol. The number of fused-ring (bicyclic) bond motifs is 1. The molecule has 0 aromatic heterocycles. The number of hydrogen-bond donors (Lipinski definition) is 0. The fourth-order valence-corrected chi connectivity index (χ4v) is 4.21. The van der Waals surface area contributed by atoms with Crippen molar-refractivity contribution in [2.45, 2.75) is 39.2 Å². The number of rotatable bonds is 6. The van der Waals surface area contributed by atoms with Crippen molar-refractivity contribution < 1.29 is 19.1 Å². The molecule has 3 aliphatic carbocycles. The van der Waals surface area contributed by atoms with E-state index in [0.717, 1.165) is 25.9 Å². The lowest BCUT2D eigenvalue weighted by molar-refractivity contribution is -0.152. The molecule has 0 aliphatic heterocycles. The molecular formula is C15H22O4. The normalized spacial score (nSPS) is 42.3. The SMILES string of the molecule is CCCCO[C@H]1C[C@@H]2C(C(=O)OCC)C(=O)C3C1[C@@H]32. The molecule has 0 bridgehead atoms. The molecule has 0 aromatic carbocycles. The summed E-state index contributed by atoms with van der Waals surface area (Å²) in [5, 5.41) is 0. The number of Topliss-reactive ketones (excluding diaryl/α,β-unsaturated/α-hetero) is 1. The first-order valence-electron chi connectivity index (χ1n) is 7.52. The van der Waals surface area contributed by atoms with Gasteiger partial charge in [-0.15, -0.1) is 0 Å². The average molecular weight is 266 g/mol. The quantitative estimate of drug-likeness (QED) is 0.418. The number of unbranched alkanes of at least 4 members (excludes halogenated alkanes) is 1. The molecule has 4 heteroatoms. The summed E-state index contributed by atoms with van der Waals surface area (Å²) in [7, 11) is 0. The van der Waals surface area contributed by atoms with Crippen LogP contribution in [0.1, 0.15) is 33.1 Å². The van der Waals surface area contributed by atoms with Crippen LogP contribution in [0.25, 0.3) is 0 Å². The second kappa shape index (κ2) is 4.89. The van der Waals surface area contributed by atoms with E-state index >= 15 is 0 Å². The van der Waals surface area contributed by atoms with Crippen molar-refractivity contribution in [3.8, 4) is 0 Å². The Kier molecular flexibility index (Phi) is 3.37. The van der Waals surface area contributed by atoms with E-state index in [1.807, 2.05) is 0 Å². The Labute approximate surface area is 113 Å². The summed E-state index contributed by atoms with van der Waals surface area (Å²) in [6.45, 7) is 5.06. The van der Waals surface area contributed by atoms with Crippen LogP contribution in [0.5, 0.6) is 0 Å². The number of hydrogen-bond acceptors (Lipinski definition) is 4. The maximum absolute atomic E-state index is 12.2. The van der Waals surface area contributed by atoms with Gasteiger partial charge in [-0.05, 0) is 37.5 Å². The van der Waals surface area contributed by atoms with Gasteiger partial charge >= 0.3 is 5.97 Å². The molecule has 0 amide bonds. The second-order valence-corrected chi connectivity index (χ2v) is 5.97. The van der Waals surface area contributed by atoms with Crippen LogP contribution in [-0.2, 0) is 19.1 Å². The van der Waals surface area contributed by atoms with Crippen molar-refractivity contribution in [2.75, 3.05) is 13.2 Å². The van der Waals surface area contributed by atoms with E-state index in [4.69, 9.17) is 9.47 Å². The largest absolute Gasteiger partial charge is 0.465 e. The van der Waals surface area contributed by atoms with Crippen LogP contribution in [0, 0.1) is 29.6 Å². The van der Waals surface area contributed by atoms with Gasteiger partial charge in [-0.25, -0.2) is 0 Å². The molecule has 0 radical (unpaired) electrons. The van der Waals surface area contributed by atoms with Crippen molar-refractivity contribution in [3.63, 3.8) is 0 Å². The topological polar surface area (TPSA) is 52.6 Å². The lowest BCUT2D eigenvalue weighted by Gasteiger charge is -2.16. The molecule has 4 nitrogen and oxygen atoms in total. The number of carbonyl (C=O) groups excluding carboxylic acids is 2. The summed E-state index contributed by atoms with van der Waals surface area (Å²) in [5.74, 6) is 0.421. The van der Waals surface area contributed by atoms with Crippen LogP contribution in [0.3, 0.4) is 0 Å². The lowest BCUT2D eigenvalue weighted by atomic mass is 9.92. The number of esters is 1. The molecule has 0 spiro atoms. The van der Waals surface area contributed by atoms with E-state index in [1.165, 1.54) is 0 Å². The summed E-state index contributed by atoms with van der Waals surface area (Å²) < 4.78 is 11.0. The molecule has 3 unspecified atom stereocenters. The van der Waals surface area contributed by atoms with Gasteiger partial charge in [-0.3, -0.25) is 9.59 Å². The molecule has 3 aliphatic rings. The van der Waals surface area contributed by atoms with Gasteiger partial charge in [0.15, 0.2) is 5.78 Å². The van der Waals surface area contributed by atoms with Crippen LogP contribution >= 0.6 is 0 Å². The van der Waals surface area contributed by atoms with Gasteiger partial charge in [-0.1, -0.05) is 13.3 Å². The van der Waals surface area contributed by atoms with Crippen molar-refractivity contribution >= 4 is 11.8 Å². The Hall–Kier alpha value is -0.900. The summed E-state index contributed by atoms with van der Waals surface area (Å²) in [6, 6.07) is 0. The van der Waals surface area contributed by atoms with Crippen LogP contribution in [0.4, 0.5) is 0 Å². The fourth-order valence-electron chi connectivity index (χ4n) is 4.21. The molecule has 6 atom stereocenters. The monoisotopic (exact) mass is 266 g/mol. The minimum absolute atomic E-state index is 0.0970. The fraction of sp³-hybridized carbons (Fsp3) is 0.867. The first-order chi connectivity index (χ1) is 9.20. The van der Waals surface area contributed by atoms with E-state index in [1.54, 1.807) is 6.92 Å². The van der Waals surface area contributed by atoms with Crippen LogP contribution < -0.4 is 0 Å². The minimum Gasteiger partial charge on any atom is -0.465 e. The lowest BCUT2D eigenvalue weighted by Crippen LogP contribution is -2.29. The summed E-state index contributed by atoms with van der Waals surface area (Å²) in [6.07, 6.45) is 3.26. The Morgan fingerprint density at radius 3 is 2.74 bits per heavy atom. The van der Waals surface area contributed by atoms with Gasteiger partial charge in [0.05, 0.1) is 12.7 Å². The van der Waals surface area contributed by atoms with Gasteiger partial charge in [0.2, 0.25) is 0 Å². The Balaban J connectivity index is 1.63. The minimum atomic E-state index is -0.494. The van der Waals surface area contributed by atoms with E-state index in [0.29, 0.717) is 18.4 Å². The summed E-state index contributed by atoms with van der Waals surface area (Å²) in [5.41, 5.74) is 0. The zero-order valence-electron chi connectivity index (χ0n) is 11.6. The zero-order valence-corrected chi connectivity index (χ0v) is 11.6. The molecular weight excluding hydrogens is 244 g/mol. The van der Waals surface area contributed by atoms with Gasteiger partial charge in [0, 0.05) is 12.5 Å². The summed E-state index contributed by atoms with van der Waals surface area (Å²) >= 11 is 0. The standard InChI is InChI=1S/C15H22O4/c1-3-5-6-19-9-7-8-10-12(9)13(10)14(16)11(8)15(17)18-4-2/h8-13H,3-7H2,1-2H3/t8-,9-,10-,11?,12?,13?/m0/s1. The molecule has 106 valence electrons. The molecule has 0 aromatic rings. The Bertz CT molecular complexity index is 392. The third kappa shape index (κ3) is 1.92. The van der Waals surface area contributed by atoms with E-state index in [2.05, 4.69) is 6.92 Å². The molecule has 3 saturated carbocycles. The predicted octanol–water partition coefficient (Wildman–Crippen LogP) is 1.82. The van der Waals surface area contributed by atoms with Gasteiger partial charge in [-0.2, -0.15) is 0 Å². The Morgan fingerprint density at radius 2 is 2.11 bits per heavy atom. The zero-order chi connectivity index (χ0) is 13.6. The third-order valence-corrected chi connectivity index (χ3v) is 4.99. The van der Waals surface area contributed by atoms with Crippen molar-refractivity contribution in [1.82, 2.24) is 0 Å². The van der Waals surface area contributed by atoms with Gasteiger partial charge < -0.3 is 9.47 Å². The Morgan fingerprint density at radius 1 is 1.32 bits per heavy atom. The van der Waals surface area contributed by atoms with Gasteiger partial charge in [0.25, 0.3) is 0 Å². The molecule has 3 fully saturated rings.